The number of benzene rings is 1. The maximum Gasteiger partial charge on any atom is 0.410 e. The summed E-state index contributed by atoms with van der Waals surface area (Å²) in [6.07, 6.45) is 1.43. The third kappa shape index (κ3) is 19.7. The van der Waals surface area contributed by atoms with Crippen LogP contribution in [0, 0.1) is 0 Å². The second-order valence-corrected chi connectivity index (χ2v) is 18.9. The number of amides is 5. The smallest absolute Gasteiger partial charge is 0.410 e. The number of alkyl carbamates (subject to hydrolysis) is 1. The van der Waals surface area contributed by atoms with Crippen LogP contribution in [0.15, 0.2) is 24.3 Å². The Morgan fingerprint density at radius 1 is 0.723 bits per heavy atom. The van der Waals surface area contributed by atoms with E-state index >= 15 is 0 Å². The molecule has 2 aromatic heterocycles. The average molecular weight is 913 g/mol. The molecular weight excluding hydrogens is 837 g/mol. The highest BCUT2D eigenvalue weighted by molar-refractivity contribution is 6.06. The Morgan fingerprint density at radius 2 is 1.26 bits per heavy atom. The van der Waals surface area contributed by atoms with Crippen molar-refractivity contribution in [2.75, 3.05) is 58.2 Å². The van der Waals surface area contributed by atoms with Crippen molar-refractivity contribution in [3.05, 3.63) is 30.1 Å². The van der Waals surface area contributed by atoms with Gasteiger partial charge < -0.3 is 60.7 Å². The lowest BCUT2D eigenvalue weighted by Gasteiger charge is -2.29. The predicted octanol–water partition coefficient (Wildman–Crippen LogP) is 5.99. The first-order valence-corrected chi connectivity index (χ1v) is 22.8. The fraction of sp³-hybridized carbons (Fsp3) is 0.674. The molecule has 65 heavy (non-hydrogen) atoms. The number of unbranched alkanes of at least 4 members (excludes halogenated alkanes) is 1. The van der Waals surface area contributed by atoms with Gasteiger partial charge in [0.2, 0.25) is 11.8 Å². The summed E-state index contributed by atoms with van der Waals surface area (Å²) in [6.45, 7) is 21.8. The molecule has 7 N–H and O–H groups in total. The van der Waals surface area contributed by atoms with E-state index in [1.54, 1.807) is 72.1 Å². The standard InChI is InChI=1S/C46H76N10O9/c1-11-62-31-35-53-37-38(32-19-12-13-20-34(32)52-39(37)48)56(35)30-18-24-50-40(58)33(47)21-22-36(57)49-23-16-28-54(42(60)64-45(5,6)7)26-14-15-27-55(43(61)65-46(8,9)10)29-17-25-51-41(59)63-44(2,3)4/h12-13,19-20,33H,11,14-18,21-31,47H2,1-10H3,(H2,48,52)(H,49,57)(H,50,58)(H,51,59)/t33-/m0/s1. The Bertz CT molecular complexity index is 2020. The van der Waals surface area contributed by atoms with Crippen LogP contribution in [0.1, 0.15) is 120 Å². The molecule has 19 heteroatoms. The first-order valence-electron chi connectivity index (χ1n) is 22.8. The zero-order valence-corrected chi connectivity index (χ0v) is 40.5. The van der Waals surface area contributed by atoms with Gasteiger partial charge in [0.25, 0.3) is 0 Å². The second kappa shape index (κ2) is 25.3. The molecule has 0 saturated heterocycles. The van der Waals surface area contributed by atoms with Crippen molar-refractivity contribution in [1.82, 2.24) is 40.3 Å². The van der Waals surface area contributed by atoms with Crippen LogP contribution in [0.3, 0.4) is 0 Å². The SMILES string of the molecule is CCOCc1nc2c(N)nc3ccccc3c2n1CCCNC(=O)[C@@H](N)CCC(=O)NCCCN(CCCCN(CCCNC(=O)OC(C)(C)C)C(=O)OC(C)(C)C)C(=O)OC(C)(C)C. The summed E-state index contributed by atoms with van der Waals surface area (Å²) in [4.78, 5) is 76.4. The number of anilines is 1. The molecule has 0 aliphatic heterocycles. The Hall–Kier alpha value is -5.43. The van der Waals surface area contributed by atoms with Gasteiger partial charge in [0, 0.05) is 70.8 Å². The van der Waals surface area contributed by atoms with E-state index in [0.717, 1.165) is 22.2 Å². The van der Waals surface area contributed by atoms with Gasteiger partial charge >= 0.3 is 18.3 Å². The molecule has 0 bridgehead atoms. The van der Waals surface area contributed by atoms with Crippen LogP contribution in [0.4, 0.5) is 20.2 Å². The molecular formula is C46H76N10O9. The molecule has 1 aromatic carbocycles. The van der Waals surface area contributed by atoms with Crippen LogP contribution in [-0.4, -0.2) is 130 Å². The normalized spacial score (nSPS) is 12.4. The molecule has 19 nitrogen and oxygen atoms in total. The number of nitrogens with two attached hydrogens (primary N) is 2. The van der Waals surface area contributed by atoms with Crippen molar-refractivity contribution in [2.45, 2.75) is 150 Å². The molecule has 0 radical (unpaired) electrons. The number of nitrogen functional groups attached to an aromatic ring is 1. The van der Waals surface area contributed by atoms with Gasteiger partial charge in [-0.3, -0.25) is 9.59 Å². The average Bonchev–Trinajstić information content (AvgIpc) is 3.57. The molecule has 3 aromatic rings. The van der Waals surface area contributed by atoms with Crippen molar-refractivity contribution in [1.29, 1.82) is 0 Å². The third-order valence-corrected chi connectivity index (χ3v) is 9.61. The number of pyridine rings is 1. The number of fused-ring (bicyclic) bond motifs is 3. The van der Waals surface area contributed by atoms with Gasteiger partial charge in [-0.2, -0.15) is 0 Å². The lowest BCUT2D eigenvalue weighted by Crippen LogP contribution is -2.42. The van der Waals surface area contributed by atoms with Crippen molar-refractivity contribution < 1.29 is 42.9 Å². The highest BCUT2D eigenvalue weighted by Crippen LogP contribution is 2.29. The Morgan fingerprint density at radius 3 is 1.83 bits per heavy atom. The van der Waals surface area contributed by atoms with Gasteiger partial charge in [-0.1, -0.05) is 18.2 Å². The fourth-order valence-corrected chi connectivity index (χ4v) is 6.65. The first kappa shape index (κ1) is 53.9. The molecule has 0 spiro atoms. The van der Waals surface area contributed by atoms with E-state index in [-0.39, 0.29) is 24.7 Å². The molecule has 0 saturated carbocycles. The molecule has 2 heterocycles. The number of hydrogen-bond acceptors (Lipinski definition) is 13. The molecule has 0 unspecified atom stereocenters. The van der Waals surface area contributed by atoms with Crippen molar-refractivity contribution in [3.63, 3.8) is 0 Å². The number of rotatable bonds is 24. The van der Waals surface area contributed by atoms with Crippen LogP contribution < -0.4 is 27.4 Å². The Balaban J connectivity index is 1.44. The van der Waals surface area contributed by atoms with Crippen LogP contribution in [-0.2, 0) is 41.7 Å². The minimum Gasteiger partial charge on any atom is -0.444 e. The molecule has 364 valence electrons. The van der Waals surface area contributed by atoms with Crippen LogP contribution in [0.5, 0.6) is 0 Å². The summed E-state index contributed by atoms with van der Waals surface area (Å²) < 4.78 is 24.3. The number of carbonyl (C=O) groups is 5. The molecule has 0 fully saturated rings. The number of nitrogens with one attached hydrogen (secondary N) is 3. The zero-order valence-electron chi connectivity index (χ0n) is 40.5. The molecule has 0 aliphatic rings. The summed E-state index contributed by atoms with van der Waals surface area (Å²) in [6, 6.07) is 6.87. The number of carbonyl (C=O) groups excluding carboxylic acids is 5. The second-order valence-electron chi connectivity index (χ2n) is 18.9. The number of ether oxygens (including phenoxy) is 4. The highest BCUT2D eigenvalue weighted by atomic mass is 16.6. The van der Waals surface area contributed by atoms with Gasteiger partial charge in [-0.05, 0) is 114 Å². The Kier molecular flexibility index (Phi) is 21.0. The largest absolute Gasteiger partial charge is 0.444 e. The van der Waals surface area contributed by atoms with Gasteiger partial charge in [-0.15, -0.1) is 0 Å². The number of nitrogens with zero attached hydrogens (tertiary/aromatic N) is 5. The minimum absolute atomic E-state index is 0.0555. The van der Waals surface area contributed by atoms with Gasteiger partial charge in [-0.25, -0.2) is 24.4 Å². The number of hydrogen-bond donors (Lipinski definition) is 5. The van der Waals surface area contributed by atoms with Crippen LogP contribution in [0.25, 0.3) is 21.9 Å². The van der Waals surface area contributed by atoms with E-state index < -0.39 is 41.1 Å². The third-order valence-electron chi connectivity index (χ3n) is 9.61. The van der Waals surface area contributed by atoms with Crippen LogP contribution >= 0.6 is 0 Å². The monoisotopic (exact) mass is 913 g/mol. The number of aromatic nitrogens is 3. The maximum atomic E-state index is 13.2. The number of imidazole rings is 1. The fourth-order valence-electron chi connectivity index (χ4n) is 6.65. The van der Waals surface area contributed by atoms with Gasteiger partial charge in [0.15, 0.2) is 5.82 Å². The molecule has 0 aliphatic carbocycles. The summed E-state index contributed by atoms with van der Waals surface area (Å²) in [5, 5.41) is 9.39. The van der Waals surface area contributed by atoms with Crippen molar-refractivity contribution >= 4 is 57.8 Å². The van der Waals surface area contributed by atoms with E-state index in [1.807, 2.05) is 31.2 Å². The van der Waals surface area contributed by atoms with Crippen LogP contribution in [0.2, 0.25) is 0 Å². The predicted molar refractivity (Wildman–Crippen MR) is 251 cm³/mol. The maximum absolute atomic E-state index is 13.2. The van der Waals surface area contributed by atoms with Gasteiger partial charge in [0.1, 0.15) is 34.8 Å². The summed E-state index contributed by atoms with van der Waals surface area (Å²) in [5.74, 6) is 0.460. The number of para-hydroxylation sites is 1. The van der Waals surface area contributed by atoms with Crippen molar-refractivity contribution in [3.8, 4) is 0 Å². The summed E-state index contributed by atoms with van der Waals surface area (Å²) in [5.41, 5.74) is 12.7. The lowest BCUT2D eigenvalue weighted by atomic mass is 10.1. The highest BCUT2D eigenvalue weighted by Gasteiger charge is 2.25. The first-order chi connectivity index (χ1) is 30.5. The zero-order chi connectivity index (χ0) is 48.4. The lowest BCUT2D eigenvalue weighted by molar-refractivity contribution is -0.123. The quantitative estimate of drug-likeness (QED) is 0.0513. The van der Waals surface area contributed by atoms with Crippen molar-refractivity contribution in [2.24, 2.45) is 5.73 Å². The van der Waals surface area contributed by atoms with E-state index in [0.29, 0.717) is 109 Å². The Labute approximate surface area is 384 Å². The number of aryl methyl sites for hydroxylation is 1. The summed E-state index contributed by atoms with van der Waals surface area (Å²) >= 11 is 0. The van der Waals surface area contributed by atoms with E-state index in [4.69, 9.17) is 35.4 Å². The minimum atomic E-state index is -0.874. The molecule has 1 atom stereocenters. The molecule has 3 rings (SSSR count). The molecule has 5 amide bonds. The van der Waals surface area contributed by atoms with E-state index in [9.17, 15) is 24.0 Å². The van der Waals surface area contributed by atoms with E-state index in [2.05, 4.69) is 25.5 Å². The van der Waals surface area contributed by atoms with Gasteiger partial charge in [0.05, 0.1) is 17.1 Å². The topological polar surface area (TPSA) is 248 Å². The van der Waals surface area contributed by atoms with E-state index in [1.165, 1.54) is 0 Å². The summed E-state index contributed by atoms with van der Waals surface area (Å²) in [7, 11) is 0.